The Hall–Kier alpha value is -1.10. The van der Waals surface area contributed by atoms with E-state index >= 15 is 0 Å². The second-order valence-electron chi connectivity index (χ2n) is 6.61. The Kier molecular flexibility index (Phi) is 6.65. The van der Waals surface area contributed by atoms with E-state index in [1.807, 2.05) is 34.6 Å². The summed E-state index contributed by atoms with van der Waals surface area (Å²) in [5.41, 5.74) is 0. The van der Waals surface area contributed by atoms with Crippen LogP contribution in [0.15, 0.2) is 0 Å². The zero-order valence-corrected chi connectivity index (χ0v) is 14.2. The van der Waals surface area contributed by atoms with E-state index in [1.54, 1.807) is 12.0 Å². The zero-order chi connectivity index (χ0) is 16.2. The summed E-state index contributed by atoms with van der Waals surface area (Å²) in [6.07, 6.45) is 0.866. The summed E-state index contributed by atoms with van der Waals surface area (Å²) in [6, 6.07) is -0.774. The van der Waals surface area contributed by atoms with Gasteiger partial charge in [0.05, 0.1) is 6.61 Å². The van der Waals surface area contributed by atoms with Crippen molar-refractivity contribution in [1.29, 1.82) is 0 Å². The number of methoxy groups -OCH3 is 1. The van der Waals surface area contributed by atoms with Gasteiger partial charge in [-0.05, 0) is 17.8 Å². The Morgan fingerprint density at radius 2 is 1.86 bits per heavy atom. The van der Waals surface area contributed by atoms with Crippen LogP contribution in [0.5, 0.6) is 0 Å². The van der Waals surface area contributed by atoms with Crippen LogP contribution in [0.1, 0.15) is 41.0 Å². The molecule has 1 heterocycles. The number of carbonyl (C=O) groups excluding carboxylic acids is 2. The van der Waals surface area contributed by atoms with Gasteiger partial charge in [0.25, 0.3) is 0 Å². The number of hydrogen-bond donors (Lipinski definition) is 1. The summed E-state index contributed by atoms with van der Waals surface area (Å²) in [5, 5.41) is 2.92. The van der Waals surface area contributed by atoms with E-state index in [4.69, 9.17) is 4.74 Å². The van der Waals surface area contributed by atoms with E-state index in [-0.39, 0.29) is 35.6 Å². The average Bonchev–Trinajstić information content (AvgIpc) is 2.41. The number of rotatable bonds is 7. The molecule has 4 unspecified atom stereocenters. The number of ether oxygens (including phenoxy) is 1. The molecule has 122 valence electrons. The van der Waals surface area contributed by atoms with E-state index in [2.05, 4.69) is 5.32 Å². The Morgan fingerprint density at radius 1 is 1.24 bits per heavy atom. The summed E-state index contributed by atoms with van der Waals surface area (Å²) < 4.78 is 5.16. The number of carbonyl (C=O) groups is 2. The second-order valence-corrected chi connectivity index (χ2v) is 6.61. The third-order valence-electron chi connectivity index (χ3n) is 4.26. The van der Waals surface area contributed by atoms with Gasteiger partial charge in [-0.1, -0.05) is 41.0 Å². The lowest BCUT2D eigenvalue weighted by atomic mass is 9.90. The van der Waals surface area contributed by atoms with Gasteiger partial charge in [-0.3, -0.25) is 9.59 Å². The summed E-state index contributed by atoms with van der Waals surface area (Å²) in [5.74, 6) is 0.477. The van der Waals surface area contributed by atoms with Gasteiger partial charge >= 0.3 is 0 Å². The molecule has 0 saturated carbocycles. The molecule has 5 heteroatoms. The van der Waals surface area contributed by atoms with Gasteiger partial charge in [0.15, 0.2) is 0 Å². The number of nitrogens with zero attached hydrogens (tertiary/aromatic N) is 1. The number of piperazine rings is 1. The largest absolute Gasteiger partial charge is 0.384 e. The number of hydrogen-bond acceptors (Lipinski definition) is 3. The predicted octanol–water partition coefficient (Wildman–Crippen LogP) is 1.67. The highest BCUT2D eigenvalue weighted by Gasteiger charge is 2.43. The molecule has 1 aliphatic rings. The smallest absolute Gasteiger partial charge is 0.246 e. The van der Waals surface area contributed by atoms with Crippen LogP contribution in [-0.2, 0) is 14.3 Å². The first kappa shape index (κ1) is 18.0. The first-order chi connectivity index (χ1) is 9.83. The highest BCUT2D eigenvalue weighted by Crippen LogP contribution is 2.23. The van der Waals surface area contributed by atoms with Crippen molar-refractivity contribution < 1.29 is 14.3 Å². The van der Waals surface area contributed by atoms with E-state index in [9.17, 15) is 9.59 Å². The van der Waals surface area contributed by atoms with Crippen molar-refractivity contribution >= 4 is 11.8 Å². The molecule has 2 amide bonds. The molecule has 1 N–H and O–H groups in total. The van der Waals surface area contributed by atoms with Crippen molar-refractivity contribution in [1.82, 2.24) is 10.2 Å². The van der Waals surface area contributed by atoms with Gasteiger partial charge in [-0.15, -0.1) is 0 Å². The molecule has 0 aromatic rings. The molecule has 0 aromatic carbocycles. The molecule has 1 aliphatic heterocycles. The molecular weight excluding hydrogens is 268 g/mol. The molecule has 21 heavy (non-hydrogen) atoms. The third kappa shape index (κ3) is 4.19. The van der Waals surface area contributed by atoms with Gasteiger partial charge in [0, 0.05) is 13.7 Å². The first-order valence-corrected chi connectivity index (χ1v) is 7.93. The van der Waals surface area contributed by atoms with E-state index in [0.717, 1.165) is 6.42 Å². The molecule has 0 aliphatic carbocycles. The molecule has 0 bridgehead atoms. The summed E-state index contributed by atoms with van der Waals surface area (Å²) in [6.45, 7) is 11.2. The molecule has 1 fully saturated rings. The topological polar surface area (TPSA) is 58.6 Å². The molecule has 4 atom stereocenters. The molecule has 0 spiro atoms. The van der Waals surface area contributed by atoms with Gasteiger partial charge < -0.3 is 15.0 Å². The van der Waals surface area contributed by atoms with Crippen molar-refractivity contribution in [2.24, 2.45) is 17.8 Å². The van der Waals surface area contributed by atoms with E-state index in [0.29, 0.717) is 13.2 Å². The molecular formula is C16H30N2O3. The van der Waals surface area contributed by atoms with E-state index < -0.39 is 6.04 Å². The molecule has 0 radical (unpaired) electrons. The molecule has 5 nitrogen and oxygen atoms in total. The lowest BCUT2D eigenvalue weighted by Gasteiger charge is -2.43. The quantitative estimate of drug-likeness (QED) is 0.778. The van der Waals surface area contributed by atoms with Crippen molar-refractivity contribution in [2.45, 2.75) is 53.1 Å². The van der Waals surface area contributed by atoms with Crippen LogP contribution in [0.4, 0.5) is 0 Å². The fraction of sp³-hybridized carbons (Fsp3) is 0.875. The van der Waals surface area contributed by atoms with Crippen LogP contribution in [0, 0.1) is 17.8 Å². The standard InChI is InChI=1S/C16H30N2O3/c1-7-12(5)13-16(20)18(8-11(4)9-21-6)14(10(2)3)15(19)17-13/h10-14H,7-9H2,1-6H3,(H,17,19). The van der Waals surface area contributed by atoms with Gasteiger partial charge in [0.2, 0.25) is 11.8 Å². The van der Waals surface area contributed by atoms with Gasteiger partial charge in [-0.2, -0.15) is 0 Å². The van der Waals surface area contributed by atoms with Crippen LogP contribution < -0.4 is 5.32 Å². The number of nitrogens with one attached hydrogen (secondary N) is 1. The number of amides is 2. The van der Waals surface area contributed by atoms with Crippen LogP contribution in [0.2, 0.25) is 0 Å². The van der Waals surface area contributed by atoms with Crippen LogP contribution in [0.3, 0.4) is 0 Å². The summed E-state index contributed by atoms with van der Waals surface area (Å²) >= 11 is 0. The average molecular weight is 298 g/mol. The minimum atomic E-state index is -0.396. The van der Waals surface area contributed by atoms with Gasteiger partial charge in [-0.25, -0.2) is 0 Å². The fourth-order valence-corrected chi connectivity index (χ4v) is 2.92. The Morgan fingerprint density at radius 3 is 2.33 bits per heavy atom. The first-order valence-electron chi connectivity index (χ1n) is 7.93. The van der Waals surface area contributed by atoms with Crippen molar-refractivity contribution in [3.05, 3.63) is 0 Å². The maximum absolute atomic E-state index is 12.8. The predicted molar refractivity (Wildman–Crippen MR) is 82.8 cm³/mol. The highest BCUT2D eigenvalue weighted by molar-refractivity contribution is 5.97. The Labute approximate surface area is 128 Å². The zero-order valence-electron chi connectivity index (χ0n) is 14.2. The minimum Gasteiger partial charge on any atom is -0.384 e. The van der Waals surface area contributed by atoms with Crippen molar-refractivity contribution in [3.63, 3.8) is 0 Å². The Balaban J connectivity index is 2.97. The van der Waals surface area contributed by atoms with Crippen molar-refractivity contribution in [2.75, 3.05) is 20.3 Å². The summed E-state index contributed by atoms with van der Waals surface area (Å²) in [7, 11) is 1.66. The Bertz CT molecular complexity index is 371. The normalized spacial score (nSPS) is 26.0. The van der Waals surface area contributed by atoms with Crippen molar-refractivity contribution in [3.8, 4) is 0 Å². The van der Waals surface area contributed by atoms with Crippen LogP contribution in [-0.4, -0.2) is 49.1 Å². The lowest BCUT2D eigenvalue weighted by molar-refractivity contribution is -0.153. The highest BCUT2D eigenvalue weighted by atomic mass is 16.5. The minimum absolute atomic E-state index is 0.0282. The molecule has 1 rings (SSSR count). The fourth-order valence-electron chi connectivity index (χ4n) is 2.92. The van der Waals surface area contributed by atoms with Gasteiger partial charge in [0.1, 0.15) is 12.1 Å². The second kappa shape index (κ2) is 7.78. The molecule has 1 saturated heterocycles. The maximum Gasteiger partial charge on any atom is 0.246 e. The van der Waals surface area contributed by atoms with Crippen LogP contribution >= 0.6 is 0 Å². The lowest BCUT2D eigenvalue weighted by Crippen LogP contribution is -2.66. The SMILES string of the molecule is CCC(C)C1NC(=O)C(C(C)C)N(CC(C)COC)C1=O. The maximum atomic E-state index is 12.8. The van der Waals surface area contributed by atoms with E-state index in [1.165, 1.54) is 0 Å². The third-order valence-corrected chi connectivity index (χ3v) is 4.26. The summed E-state index contributed by atoms with van der Waals surface area (Å²) in [4.78, 5) is 27.0. The van der Waals surface area contributed by atoms with Crippen LogP contribution in [0.25, 0.3) is 0 Å². The monoisotopic (exact) mass is 298 g/mol. The molecule has 0 aromatic heterocycles.